The quantitative estimate of drug-likeness (QED) is 0.906. The fourth-order valence-corrected chi connectivity index (χ4v) is 3.86. The maximum atomic E-state index is 12.7. The van der Waals surface area contributed by atoms with Crippen LogP contribution in [-0.2, 0) is 0 Å². The molecule has 2 fully saturated rings. The van der Waals surface area contributed by atoms with Crippen molar-refractivity contribution in [3.63, 3.8) is 0 Å². The first-order valence-corrected chi connectivity index (χ1v) is 8.84. The van der Waals surface area contributed by atoms with Gasteiger partial charge in [-0.2, -0.15) is 0 Å². The summed E-state index contributed by atoms with van der Waals surface area (Å²) in [6, 6.07) is 2.13. The molecule has 1 aromatic heterocycles. The number of aliphatic hydroxyl groups is 1. The van der Waals surface area contributed by atoms with E-state index in [2.05, 4.69) is 16.3 Å². The van der Waals surface area contributed by atoms with Crippen LogP contribution in [0.1, 0.15) is 47.3 Å². The zero-order chi connectivity index (χ0) is 14.8. The Morgan fingerprint density at radius 1 is 1.38 bits per heavy atom. The van der Waals surface area contributed by atoms with Gasteiger partial charge in [-0.1, -0.05) is 6.92 Å². The number of hydrogen-bond donors (Lipinski definition) is 1. The topological polar surface area (TPSA) is 43.8 Å². The van der Waals surface area contributed by atoms with Gasteiger partial charge in [0.2, 0.25) is 0 Å². The van der Waals surface area contributed by atoms with Gasteiger partial charge in [-0.25, -0.2) is 0 Å². The van der Waals surface area contributed by atoms with E-state index < -0.39 is 0 Å². The van der Waals surface area contributed by atoms with E-state index in [-0.39, 0.29) is 12.0 Å². The molecular formula is C16H24N2O2S. The predicted molar refractivity (Wildman–Crippen MR) is 84.9 cm³/mol. The van der Waals surface area contributed by atoms with E-state index in [4.69, 9.17) is 0 Å². The first-order chi connectivity index (χ1) is 10.2. The third-order valence-corrected chi connectivity index (χ3v) is 5.42. The average molecular weight is 308 g/mol. The molecule has 1 atom stereocenters. The van der Waals surface area contributed by atoms with Gasteiger partial charge in [0.05, 0.1) is 11.0 Å². The summed E-state index contributed by atoms with van der Waals surface area (Å²) in [5.74, 6) is 0.846. The van der Waals surface area contributed by atoms with Gasteiger partial charge in [-0.15, -0.1) is 11.3 Å². The van der Waals surface area contributed by atoms with Crippen molar-refractivity contribution in [1.29, 1.82) is 0 Å². The fraction of sp³-hybridized carbons (Fsp3) is 0.688. The summed E-state index contributed by atoms with van der Waals surface area (Å²) in [5.41, 5.74) is 1.27. The monoisotopic (exact) mass is 308 g/mol. The van der Waals surface area contributed by atoms with E-state index in [9.17, 15) is 9.90 Å². The standard InChI is InChI=1S/C16H24N2O2S/c1-2-13(19)11-17-6-8-18(9-7-17)16(20)15-14(5-10-21-15)12-3-4-12/h5,10,12-13,19H,2-4,6-9,11H2,1H3/t13-/m0/s1. The normalized spacial score (nSPS) is 21.5. The Bertz CT molecular complexity index is 490. The lowest BCUT2D eigenvalue weighted by Gasteiger charge is -2.35. The molecule has 2 heterocycles. The van der Waals surface area contributed by atoms with Crippen molar-refractivity contribution in [2.45, 2.75) is 38.2 Å². The number of rotatable bonds is 5. The summed E-state index contributed by atoms with van der Waals surface area (Å²) in [4.78, 5) is 17.9. The smallest absolute Gasteiger partial charge is 0.264 e. The molecule has 1 N–H and O–H groups in total. The molecular weight excluding hydrogens is 284 g/mol. The van der Waals surface area contributed by atoms with E-state index in [0.717, 1.165) is 44.0 Å². The van der Waals surface area contributed by atoms with E-state index in [1.807, 2.05) is 11.8 Å². The molecule has 0 spiro atoms. The van der Waals surface area contributed by atoms with Crippen molar-refractivity contribution in [2.24, 2.45) is 0 Å². The number of carbonyl (C=O) groups excluding carboxylic acids is 1. The van der Waals surface area contributed by atoms with Gasteiger partial charge >= 0.3 is 0 Å². The van der Waals surface area contributed by atoms with Gasteiger partial charge in [0, 0.05) is 32.7 Å². The molecule has 1 aromatic rings. The van der Waals surface area contributed by atoms with Crippen molar-refractivity contribution < 1.29 is 9.90 Å². The molecule has 116 valence electrons. The van der Waals surface area contributed by atoms with E-state index in [1.54, 1.807) is 11.3 Å². The average Bonchev–Trinajstić information content (AvgIpc) is 3.24. The van der Waals surface area contributed by atoms with Crippen LogP contribution in [0.15, 0.2) is 11.4 Å². The van der Waals surface area contributed by atoms with Crippen LogP contribution in [0.4, 0.5) is 0 Å². The SMILES string of the molecule is CC[C@H](O)CN1CCN(C(=O)c2sccc2C2CC2)CC1. The molecule has 0 aromatic carbocycles. The maximum absolute atomic E-state index is 12.7. The Balaban J connectivity index is 1.56. The molecule has 4 nitrogen and oxygen atoms in total. The first kappa shape index (κ1) is 15.0. The Kier molecular flexibility index (Phi) is 4.62. The second kappa shape index (κ2) is 6.46. The van der Waals surface area contributed by atoms with Crippen LogP contribution in [0.25, 0.3) is 0 Å². The van der Waals surface area contributed by atoms with Crippen LogP contribution in [0.3, 0.4) is 0 Å². The maximum Gasteiger partial charge on any atom is 0.264 e. The van der Waals surface area contributed by atoms with Crippen molar-refractivity contribution in [3.05, 3.63) is 21.9 Å². The highest BCUT2D eigenvalue weighted by molar-refractivity contribution is 7.12. The molecule has 2 aliphatic rings. The highest BCUT2D eigenvalue weighted by atomic mass is 32.1. The van der Waals surface area contributed by atoms with Crippen LogP contribution < -0.4 is 0 Å². The number of thiophene rings is 1. The van der Waals surface area contributed by atoms with Crippen molar-refractivity contribution in [2.75, 3.05) is 32.7 Å². The molecule has 5 heteroatoms. The molecule has 0 radical (unpaired) electrons. The number of piperazine rings is 1. The molecule has 1 aliphatic carbocycles. The third-order valence-electron chi connectivity index (χ3n) is 4.51. The van der Waals surface area contributed by atoms with Gasteiger partial charge in [-0.3, -0.25) is 9.69 Å². The predicted octanol–water partition coefficient (Wildman–Crippen LogP) is 2.15. The van der Waals surface area contributed by atoms with Gasteiger partial charge in [0.15, 0.2) is 0 Å². The Morgan fingerprint density at radius 3 is 2.71 bits per heavy atom. The zero-order valence-electron chi connectivity index (χ0n) is 12.6. The molecule has 21 heavy (non-hydrogen) atoms. The molecule has 1 aliphatic heterocycles. The minimum atomic E-state index is -0.244. The lowest BCUT2D eigenvalue weighted by molar-refractivity contribution is 0.0526. The number of nitrogens with zero attached hydrogens (tertiary/aromatic N) is 2. The summed E-state index contributed by atoms with van der Waals surface area (Å²) in [6.45, 7) is 6.01. The van der Waals surface area contributed by atoms with Crippen LogP contribution in [0.2, 0.25) is 0 Å². The van der Waals surface area contributed by atoms with Crippen LogP contribution in [0.5, 0.6) is 0 Å². The highest BCUT2D eigenvalue weighted by Crippen LogP contribution is 2.43. The molecule has 3 rings (SSSR count). The summed E-state index contributed by atoms with van der Waals surface area (Å²) in [7, 11) is 0. The lowest BCUT2D eigenvalue weighted by atomic mass is 10.1. The third kappa shape index (κ3) is 3.47. The van der Waals surface area contributed by atoms with Gasteiger partial charge in [0.1, 0.15) is 0 Å². The van der Waals surface area contributed by atoms with Crippen LogP contribution in [0, 0.1) is 0 Å². The van der Waals surface area contributed by atoms with E-state index in [0.29, 0.717) is 5.92 Å². The van der Waals surface area contributed by atoms with E-state index in [1.165, 1.54) is 18.4 Å². The molecule has 1 amide bonds. The van der Waals surface area contributed by atoms with Crippen molar-refractivity contribution in [1.82, 2.24) is 9.80 Å². The Morgan fingerprint density at radius 2 is 2.10 bits per heavy atom. The fourth-order valence-electron chi connectivity index (χ4n) is 2.91. The van der Waals surface area contributed by atoms with Crippen molar-refractivity contribution >= 4 is 17.2 Å². The molecule has 1 saturated heterocycles. The summed E-state index contributed by atoms with van der Waals surface area (Å²) < 4.78 is 0. The number of hydrogen-bond acceptors (Lipinski definition) is 4. The van der Waals surface area contributed by atoms with E-state index >= 15 is 0 Å². The molecule has 1 saturated carbocycles. The van der Waals surface area contributed by atoms with Crippen LogP contribution >= 0.6 is 11.3 Å². The number of aliphatic hydroxyl groups excluding tert-OH is 1. The minimum Gasteiger partial charge on any atom is -0.392 e. The van der Waals surface area contributed by atoms with Gasteiger partial charge in [0.25, 0.3) is 5.91 Å². The van der Waals surface area contributed by atoms with Crippen molar-refractivity contribution in [3.8, 4) is 0 Å². The number of amides is 1. The highest BCUT2D eigenvalue weighted by Gasteiger charge is 2.31. The van der Waals surface area contributed by atoms with Gasteiger partial charge in [-0.05, 0) is 42.2 Å². The Labute approximate surface area is 130 Å². The number of carbonyl (C=O) groups is 1. The second-order valence-corrected chi connectivity index (χ2v) is 7.05. The molecule has 0 unspecified atom stereocenters. The first-order valence-electron chi connectivity index (χ1n) is 7.96. The number of β-amino-alcohol motifs (C(OH)–C–C–N with tert-alkyl or cyclic N) is 1. The summed E-state index contributed by atoms with van der Waals surface area (Å²) in [6.07, 6.45) is 3.02. The Hall–Kier alpha value is -0.910. The lowest BCUT2D eigenvalue weighted by Crippen LogP contribution is -2.50. The van der Waals surface area contributed by atoms with Crippen LogP contribution in [-0.4, -0.2) is 59.6 Å². The second-order valence-electron chi connectivity index (χ2n) is 6.13. The largest absolute Gasteiger partial charge is 0.392 e. The summed E-state index contributed by atoms with van der Waals surface area (Å²) in [5, 5.41) is 11.8. The van der Waals surface area contributed by atoms with Gasteiger partial charge < -0.3 is 10.0 Å². The minimum absolute atomic E-state index is 0.211. The zero-order valence-corrected chi connectivity index (χ0v) is 13.4. The molecule has 0 bridgehead atoms. The summed E-state index contributed by atoms with van der Waals surface area (Å²) >= 11 is 1.59.